The minimum atomic E-state index is 0.252. The lowest BCUT2D eigenvalue weighted by atomic mass is 10.1. The topological polar surface area (TPSA) is 38.8 Å². The van der Waals surface area contributed by atoms with Crippen molar-refractivity contribution in [3.63, 3.8) is 0 Å². The summed E-state index contributed by atoms with van der Waals surface area (Å²) >= 11 is 0. The number of aryl methyl sites for hydroxylation is 1. The summed E-state index contributed by atoms with van der Waals surface area (Å²) < 4.78 is 10.6. The fourth-order valence-corrected chi connectivity index (χ4v) is 2.80. The van der Waals surface area contributed by atoms with Gasteiger partial charge in [-0.15, -0.1) is 0 Å². The zero-order valence-electron chi connectivity index (χ0n) is 13.1. The van der Waals surface area contributed by atoms with Crippen molar-refractivity contribution in [3.05, 3.63) is 23.8 Å². The van der Waals surface area contributed by atoms with Crippen LogP contribution >= 0.6 is 0 Å². The summed E-state index contributed by atoms with van der Waals surface area (Å²) in [4.78, 5) is 14.3. The van der Waals surface area contributed by atoms with Crippen LogP contribution in [0.15, 0.2) is 18.2 Å². The lowest BCUT2D eigenvalue weighted by molar-refractivity contribution is -0.131. The van der Waals surface area contributed by atoms with Crippen LogP contribution < -0.4 is 9.47 Å². The first-order valence-electron chi connectivity index (χ1n) is 7.73. The van der Waals surface area contributed by atoms with Gasteiger partial charge in [0, 0.05) is 19.5 Å². The molecule has 1 amide bonds. The van der Waals surface area contributed by atoms with Crippen molar-refractivity contribution in [2.24, 2.45) is 0 Å². The third-order valence-corrected chi connectivity index (χ3v) is 4.05. The van der Waals surface area contributed by atoms with Gasteiger partial charge in [-0.05, 0) is 43.0 Å². The molecule has 116 valence electrons. The van der Waals surface area contributed by atoms with Crippen molar-refractivity contribution >= 4 is 5.91 Å². The number of carbonyl (C=O) groups is 1. The quantitative estimate of drug-likeness (QED) is 0.837. The third-order valence-electron chi connectivity index (χ3n) is 4.05. The lowest BCUT2D eigenvalue weighted by Crippen LogP contribution is -2.31. The van der Waals surface area contributed by atoms with Crippen molar-refractivity contribution in [3.8, 4) is 11.5 Å². The molecule has 1 aliphatic rings. The van der Waals surface area contributed by atoms with Crippen LogP contribution in [-0.2, 0) is 11.2 Å². The van der Waals surface area contributed by atoms with Gasteiger partial charge >= 0.3 is 0 Å². The van der Waals surface area contributed by atoms with Crippen molar-refractivity contribution in [2.75, 3.05) is 27.3 Å². The second-order valence-corrected chi connectivity index (χ2v) is 5.47. The molecule has 0 spiro atoms. The second-order valence-electron chi connectivity index (χ2n) is 5.47. The summed E-state index contributed by atoms with van der Waals surface area (Å²) in [5.74, 6) is 1.87. The van der Waals surface area contributed by atoms with Crippen LogP contribution in [0.5, 0.6) is 11.5 Å². The predicted octanol–water partition coefficient (Wildman–Crippen LogP) is 3.04. The Bertz CT molecular complexity index is 465. The SMILES string of the molecule is COc1ccc(OC)c(CCC(=O)N2CCCCCC2)c1. The first-order chi connectivity index (χ1) is 10.2. The van der Waals surface area contributed by atoms with E-state index in [2.05, 4.69) is 0 Å². The number of methoxy groups -OCH3 is 2. The highest BCUT2D eigenvalue weighted by Gasteiger charge is 2.16. The largest absolute Gasteiger partial charge is 0.497 e. The fraction of sp³-hybridized carbons (Fsp3) is 0.588. The molecule has 0 atom stereocenters. The van der Waals surface area contributed by atoms with Gasteiger partial charge in [-0.25, -0.2) is 0 Å². The summed E-state index contributed by atoms with van der Waals surface area (Å²) in [5.41, 5.74) is 1.03. The van der Waals surface area contributed by atoms with Crippen LogP contribution in [0.3, 0.4) is 0 Å². The predicted molar refractivity (Wildman–Crippen MR) is 82.9 cm³/mol. The number of carbonyl (C=O) groups excluding carboxylic acids is 1. The van der Waals surface area contributed by atoms with E-state index >= 15 is 0 Å². The van der Waals surface area contributed by atoms with Crippen molar-refractivity contribution in [2.45, 2.75) is 38.5 Å². The molecule has 1 aromatic rings. The van der Waals surface area contributed by atoms with E-state index in [1.807, 2.05) is 23.1 Å². The molecule has 0 radical (unpaired) electrons. The zero-order valence-corrected chi connectivity index (χ0v) is 13.1. The average Bonchev–Trinajstić information content (AvgIpc) is 2.81. The molecule has 4 heteroatoms. The number of rotatable bonds is 5. The van der Waals surface area contributed by atoms with Gasteiger partial charge in [0.05, 0.1) is 14.2 Å². The van der Waals surface area contributed by atoms with E-state index in [9.17, 15) is 4.79 Å². The molecule has 0 saturated carbocycles. The Hall–Kier alpha value is -1.71. The number of amides is 1. The summed E-state index contributed by atoms with van der Waals surface area (Å²) in [6.07, 6.45) is 5.97. The van der Waals surface area contributed by atoms with E-state index in [0.29, 0.717) is 12.8 Å². The highest BCUT2D eigenvalue weighted by Crippen LogP contribution is 2.25. The van der Waals surface area contributed by atoms with Gasteiger partial charge in [0.2, 0.25) is 5.91 Å². The first-order valence-corrected chi connectivity index (χ1v) is 7.73. The maximum absolute atomic E-state index is 12.3. The van der Waals surface area contributed by atoms with Crippen LogP contribution in [0.2, 0.25) is 0 Å². The normalized spacial score (nSPS) is 15.4. The molecule has 0 unspecified atom stereocenters. The van der Waals surface area contributed by atoms with E-state index in [4.69, 9.17) is 9.47 Å². The number of nitrogens with zero attached hydrogens (tertiary/aromatic N) is 1. The minimum Gasteiger partial charge on any atom is -0.497 e. The highest BCUT2D eigenvalue weighted by molar-refractivity contribution is 5.76. The average molecular weight is 291 g/mol. The Morgan fingerprint density at radius 2 is 1.81 bits per heavy atom. The summed E-state index contributed by atoms with van der Waals surface area (Å²) in [6, 6.07) is 5.72. The molecule has 1 aromatic carbocycles. The molecule has 21 heavy (non-hydrogen) atoms. The Kier molecular flexibility index (Phi) is 5.90. The van der Waals surface area contributed by atoms with Gasteiger partial charge in [-0.2, -0.15) is 0 Å². The number of ether oxygens (including phenoxy) is 2. The maximum atomic E-state index is 12.3. The molecule has 0 N–H and O–H groups in total. The molecule has 1 aliphatic heterocycles. The van der Waals surface area contributed by atoms with Gasteiger partial charge in [-0.1, -0.05) is 12.8 Å². The summed E-state index contributed by atoms with van der Waals surface area (Å²) in [5, 5.41) is 0. The zero-order chi connectivity index (χ0) is 15.1. The Morgan fingerprint density at radius 3 is 2.43 bits per heavy atom. The van der Waals surface area contributed by atoms with Crippen LogP contribution in [0.25, 0.3) is 0 Å². The van der Waals surface area contributed by atoms with Crippen LogP contribution in [0.1, 0.15) is 37.7 Å². The fourth-order valence-electron chi connectivity index (χ4n) is 2.80. The molecule has 0 bridgehead atoms. The highest BCUT2D eigenvalue weighted by atomic mass is 16.5. The van der Waals surface area contributed by atoms with E-state index in [1.165, 1.54) is 12.8 Å². The summed E-state index contributed by atoms with van der Waals surface area (Å²) in [7, 11) is 3.30. The Balaban J connectivity index is 1.96. The minimum absolute atomic E-state index is 0.252. The molecule has 1 heterocycles. The molecular weight excluding hydrogens is 266 g/mol. The van der Waals surface area contributed by atoms with E-state index in [-0.39, 0.29) is 5.91 Å². The lowest BCUT2D eigenvalue weighted by Gasteiger charge is -2.20. The van der Waals surface area contributed by atoms with Crippen LogP contribution in [0.4, 0.5) is 0 Å². The van der Waals surface area contributed by atoms with Gasteiger partial charge in [0.25, 0.3) is 0 Å². The summed E-state index contributed by atoms with van der Waals surface area (Å²) in [6.45, 7) is 1.82. The molecule has 1 saturated heterocycles. The third kappa shape index (κ3) is 4.38. The standard InChI is InChI=1S/C17H25NO3/c1-20-15-8-9-16(21-2)14(13-15)7-10-17(19)18-11-5-3-4-6-12-18/h8-9,13H,3-7,10-12H2,1-2H3. The Labute approximate surface area is 127 Å². The van der Waals surface area contributed by atoms with E-state index < -0.39 is 0 Å². The number of benzene rings is 1. The van der Waals surface area contributed by atoms with Gasteiger partial charge in [-0.3, -0.25) is 4.79 Å². The van der Waals surface area contributed by atoms with Crippen LogP contribution in [0, 0.1) is 0 Å². The smallest absolute Gasteiger partial charge is 0.222 e. The van der Waals surface area contributed by atoms with Crippen molar-refractivity contribution in [1.29, 1.82) is 0 Å². The van der Waals surface area contributed by atoms with Gasteiger partial charge in [0.1, 0.15) is 11.5 Å². The number of hydrogen-bond donors (Lipinski definition) is 0. The van der Waals surface area contributed by atoms with Crippen LogP contribution in [-0.4, -0.2) is 38.1 Å². The molecule has 1 fully saturated rings. The number of likely N-dealkylation sites (tertiary alicyclic amines) is 1. The van der Waals surface area contributed by atoms with Crippen molar-refractivity contribution in [1.82, 2.24) is 4.90 Å². The second kappa shape index (κ2) is 7.91. The van der Waals surface area contributed by atoms with E-state index in [1.54, 1.807) is 14.2 Å². The molecule has 0 aliphatic carbocycles. The maximum Gasteiger partial charge on any atom is 0.222 e. The molecule has 0 aromatic heterocycles. The number of hydrogen-bond acceptors (Lipinski definition) is 3. The van der Waals surface area contributed by atoms with E-state index in [0.717, 1.165) is 43.0 Å². The monoisotopic (exact) mass is 291 g/mol. The van der Waals surface area contributed by atoms with Crippen molar-refractivity contribution < 1.29 is 14.3 Å². The Morgan fingerprint density at radius 1 is 1.10 bits per heavy atom. The van der Waals surface area contributed by atoms with Gasteiger partial charge in [0.15, 0.2) is 0 Å². The molecule has 2 rings (SSSR count). The molecule has 4 nitrogen and oxygen atoms in total. The first kappa shape index (κ1) is 15.7. The van der Waals surface area contributed by atoms with Gasteiger partial charge < -0.3 is 14.4 Å². The molecular formula is C17H25NO3.